The number of rotatable bonds is 7. The third-order valence-electron chi connectivity index (χ3n) is 6.92. The van der Waals surface area contributed by atoms with Crippen molar-refractivity contribution in [1.82, 2.24) is 0 Å². The number of hydrogen-bond donors (Lipinski definition) is 1. The maximum Gasteiger partial charge on any atom is 0.209 e. The molecule has 35 heavy (non-hydrogen) atoms. The second-order valence-electron chi connectivity index (χ2n) is 9.83. The predicted molar refractivity (Wildman–Crippen MR) is 147 cm³/mol. The lowest BCUT2D eigenvalue weighted by Crippen LogP contribution is -2.26. The van der Waals surface area contributed by atoms with E-state index in [1.54, 1.807) is 0 Å². The first-order valence-electron chi connectivity index (χ1n) is 12.0. The van der Waals surface area contributed by atoms with Gasteiger partial charge in [-0.3, -0.25) is 0 Å². The van der Waals surface area contributed by atoms with Gasteiger partial charge < -0.3 is 4.90 Å². The average molecular weight is 493 g/mol. The molecule has 0 saturated heterocycles. The molecule has 0 aromatic heterocycles. The van der Waals surface area contributed by atoms with Crippen LogP contribution in [0.5, 0.6) is 0 Å². The molecule has 2 aliphatic rings. The molecule has 1 aliphatic heterocycles. The van der Waals surface area contributed by atoms with Crippen LogP contribution < -0.4 is 10.4 Å². The summed E-state index contributed by atoms with van der Waals surface area (Å²) in [6, 6.07) is 14.8. The highest BCUT2D eigenvalue weighted by molar-refractivity contribution is 6.33. The van der Waals surface area contributed by atoms with Crippen LogP contribution in [-0.4, -0.2) is 38.5 Å². The van der Waals surface area contributed by atoms with E-state index in [9.17, 15) is 0 Å². The summed E-state index contributed by atoms with van der Waals surface area (Å²) in [5.41, 5.74) is 11.9. The minimum atomic E-state index is -0.167. The number of allylic oxidation sites excluding steroid dienone is 5. The number of hydrogen-bond acceptors (Lipinski definition) is 4. The summed E-state index contributed by atoms with van der Waals surface area (Å²) >= 11 is 6.93. The lowest BCUT2D eigenvalue weighted by molar-refractivity contribution is -0.401. The average Bonchev–Trinajstić information content (AvgIpc) is 3.03. The maximum atomic E-state index is 6.93. The van der Waals surface area contributed by atoms with E-state index < -0.39 is 0 Å². The highest BCUT2D eigenvalue weighted by Gasteiger charge is 2.43. The Morgan fingerprint density at radius 2 is 1.80 bits per heavy atom. The van der Waals surface area contributed by atoms with Crippen molar-refractivity contribution >= 4 is 40.5 Å². The zero-order valence-electron chi connectivity index (χ0n) is 21.5. The van der Waals surface area contributed by atoms with Gasteiger partial charge >= 0.3 is 0 Å². The highest BCUT2D eigenvalue weighted by atomic mass is 35.5. The summed E-state index contributed by atoms with van der Waals surface area (Å²) in [6.45, 7) is 4.49. The van der Waals surface area contributed by atoms with Crippen LogP contribution in [0.1, 0.15) is 44.2 Å². The maximum absolute atomic E-state index is 6.93. The molecule has 0 amide bonds. The Labute approximate surface area is 213 Å². The van der Waals surface area contributed by atoms with Gasteiger partial charge in [-0.1, -0.05) is 35.9 Å². The summed E-state index contributed by atoms with van der Waals surface area (Å²) < 4.78 is 2.26. The van der Waals surface area contributed by atoms with Gasteiger partial charge in [-0.2, -0.15) is 4.58 Å². The van der Waals surface area contributed by atoms with Crippen molar-refractivity contribution in [2.45, 2.75) is 38.5 Å². The van der Waals surface area contributed by atoms with E-state index >= 15 is 0 Å². The monoisotopic (exact) mass is 492 g/mol. The largest absolute Gasteiger partial charge is 0.378 e. The standard InChI is InChI=1S/C29H35ClN3O2/c1-29(2)25-19-23(31-35-34-6)13-16-26(25)33(5)27(29)17-12-21-8-7-9-22(28(21)30)18-20-10-14-24(15-11-20)32(3)4/h10-19,31H,7-9H2,1-6H3/q+1. The predicted octanol–water partition coefficient (Wildman–Crippen LogP) is 6.98. The quantitative estimate of drug-likeness (QED) is 0.257. The summed E-state index contributed by atoms with van der Waals surface area (Å²) in [7, 11) is 7.70. The van der Waals surface area contributed by atoms with Crippen LogP contribution in [0.2, 0.25) is 0 Å². The molecule has 0 unspecified atom stereocenters. The van der Waals surface area contributed by atoms with Crippen molar-refractivity contribution < 1.29 is 14.5 Å². The van der Waals surface area contributed by atoms with E-state index in [-0.39, 0.29) is 5.41 Å². The van der Waals surface area contributed by atoms with Crippen LogP contribution in [0.25, 0.3) is 6.08 Å². The van der Waals surface area contributed by atoms with Gasteiger partial charge in [-0.25, -0.2) is 10.4 Å². The molecule has 6 heteroatoms. The number of nitrogens with zero attached hydrogens (tertiary/aromatic N) is 2. The van der Waals surface area contributed by atoms with E-state index in [0.717, 1.165) is 30.0 Å². The molecule has 0 spiro atoms. The molecule has 0 saturated carbocycles. The van der Waals surface area contributed by atoms with Crippen LogP contribution in [-0.2, 0) is 15.3 Å². The molecule has 184 valence electrons. The van der Waals surface area contributed by atoms with Crippen LogP contribution in [0.15, 0.2) is 70.8 Å². The molecule has 1 aliphatic carbocycles. The number of benzene rings is 2. The van der Waals surface area contributed by atoms with E-state index in [1.807, 2.05) is 6.07 Å². The Kier molecular flexibility index (Phi) is 7.50. The summed E-state index contributed by atoms with van der Waals surface area (Å²) in [5.74, 6) is 0. The fourth-order valence-electron chi connectivity index (χ4n) is 4.93. The third-order valence-corrected chi connectivity index (χ3v) is 7.41. The van der Waals surface area contributed by atoms with Crippen molar-refractivity contribution in [2.75, 3.05) is 38.6 Å². The van der Waals surface area contributed by atoms with Crippen molar-refractivity contribution in [3.63, 3.8) is 0 Å². The molecule has 2 aromatic rings. The first-order valence-corrected chi connectivity index (χ1v) is 12.4. The number of anilines is 2. The van der Waals surface area contributed by atoms with Gasteiger partial charge in [-0.05, 0) is 74.1 Å². The number of nitrogens with one attached hydrogen (secondary N) is 1. The third kappa shape index (κ3) is 5.22. The molecule has 0 fully saturated rings. The molecular formula is C29H35ClN3O2+. The Hall–Kier alpha value is -2.86. The normalized spacial score (nSPS) is 18.5. The molecule has 0 bridgehead atoms. The first-order chi connectivity index (χ1) is 16.7. The van der Waals surface area contributed by atoms with Gasteiger partial charge in [0.15, 0.2) is 5.71 Å². The Morgan fingerprint density at radius 1 is 1.06 bits per heavy atom. The molecule has 1 N–H and O–H groups in total. The highest BCUT2D eigenvalue weighted by Crippen LogP contribution is 2.41. The van der Waals surface area contributed by atoms with Crippen LogP contribution in [0.3, 0.4) is 0 Å². The molecular weight excluding hydrogens is 458 g/mol. The second kappa shape index (κ2) is 10.4. The van der Waals surface area contributed by atoms with E-state index in [2.05, 4.69) is 109 Å². The first kappa shape index (κ1) is 25.2. The lowest BCUT2D eigenvalue weighted by Gasteiger charge is -2.19. The lowest BCUT2D eigenvalue weighted by atomic mass is 9.81. The van der Waals surface area contributed by atoms with Crippen molar-refractivity contribution in [1.29, 1.82) is 0 Å². The van der Waals surface area contributed by atoms with Crippen LogP contribution in [0, 0.1) is 0 Å². The van der Waals surface area contributed by atoms with Gasteiger partial charge in [0, 0.05) is 42.5 Å². The molecule has 1 heterocycles. The van der Waals surface area contributed by atoms with Gasteiger partial charge in [0.05, 0.1) is 18.2 Å². The van der Waals surface area contributed by atoms with Gasteiger partial charge in [-0.15, -0.1) is 4.99 Å². The number of fused-ring (bicyclic) bond motifs is 1. The minimum Gasteiger partial charge on any atom is -0.378 e. The minimum absolute atomic E-state index is 0.167. The van der Waals surface area contributed by atoms with Crippen molar-refractivity contribution in [3.8, 4) is 0 Å². The Bertz CT molecular complexity index is 1220. The fraction of sp³-hybridized carbons (Fsp3) is 0.345. The molecule has 0 atom stereocenters. The zero-order valence-corrected chi connectivity index (χ0v) is 22.2. The van der Waals surface area contributed by atoms with Crippen molar-refractivity contribution in [2.24, 2.45) is 0 Å². The number of halogens is 1. The van der Waals surface area contributed by atoms with E-state index in [1.165, 1.54) is 46.5 Å². The van der Waals surface area contributed by atoms with Crippen LogP contribution in [0.4, 0.5) is 17.1 Å². The summed E-state index contributed by atoms with van der Waals surface area (Å²) in [6.07, 6.45) is 9.74. The van der Waals surface area contributed by atoms with Crippen molar-refractivity contribution in [3.05, 3.63) is 81.9 Å². The Balaban J connectivity index is 1.60. The molecule has 5 nitrogen and oxygen atoms in total. The molecule has 0 radical (unpaired) electrons. The van der Waals surface area contributed by atoms with E-state index in [0.29, 0.717) is 0 Å². The fourth-order valence-corrected chi connectivity index (χ4v) is 5.23. The zero-order chi connectivity index (χ0) is 25.2. The SMILES string of the molecule is COONc1ccc2c(c1)C(C)(C)C(/C=C/C1=C(Cl)C(=C/c3ccc(N(C)C)cc3)/CCC1)=[N+]2C. The molecule has 4 rings (SSSR count). The molecule has 2 aromatic carbocycles. The van der Waals surface area contributed by atoms with Gasteiger partial charge in [0.2, 0.25) is 5.69 Å². The van der Waals surface area contributed by atoms with Gasteiger partial charge in [0.1, 0.15) is 7.05 Å². The second-order valence-corrected chi connectivity index (χ2v) is 10.2. The summed E-state index contributed by atoms with van der Waals surface area (Å²) in [5, 5.41) is 0.879. The van der Waals surface area contributed by atoms with Gasteiger partial charge in [0.25, 0.3) is 0 Å². The van der Waals surface area contributed by atoms with Crippen LogP contribution >= 0.6 is 11.6 Å². The van der Waals surface area contributed by atoms with E-state index in [4.69, 9.17) is 16.6 Å². The smallest absolute Gasteiger partial charge is 0.209 e. The topological polar surface area (TPSA) is 36.7 Å². The Morgan fingerprint density at radius 3 is 2.49 bits per heavy atom. The summed E-state index contributed by atoms with van der Waals surface area (Å²) in [4.78, 5) is 11.7.